The van der Waals surface area contributed by atoms with Crippen molar-refractivity contribution in [3.63, 3.8) is 0 Å². The molecule has 0 aliphatic carbocycles. The number of ether oxygens (including phenoxy) is 2. The van der Waals surface area contributed by atoms with Gasteiger partial charge in [-0.25, -0.2) is 9.97 Å². The molecule has 2 saturated heterocycles. The Labute approximate surface area is 188 Å². The number of likely N-dealkylation sites (tertiary alicyclic amines) is 2. The van der Waals surface area contributed by atoms with Crippen molar-refractivity contribution in [3.8, 4) is 11.5 Å². The van der Waals surface area contributed by atoms with Crippen LogP contribution in [-0.2, 0) is 4.79 Å². The maximum Gasteiger partial charge on any atom is 0.261 e. The van der Waals surface area contributed by atoms with Gasteiger partial charge in [-0.1, -0.05) is 6.07 Å². The van der Waals surface area contributed by atoms with Gasteiger partial charge in [0.1, 0.15) is 0 Å². The second-order valence-corrected chi connectivity index (χ2v) is 8.41. The molecule has 0 saturated carbocycles. The molecule has 2 aliphatic heterocycles. The van der Waals surface area contributed by atoms with Gasteiger partial charge in [0.25, 0.3) is 11.8 Å². The molecular weight excluding hydrogens is 408 g/mol. The molecule has 4 rings (SSSR count). The summed E-state index contributed by atoms with van der Waals surface area (Å²) in [7, 11) is 1.58. The van der Waals surface area contributed by atoms with Crippen LogP contribution in [0.5, 0.6) is 11.5 Å². The summed E-state index contributed by atoms with van der Waals surface area (Å²) in [5.74, 6) is 1.60. The normalized spacial score (nSPS) is 18.2. The molecule has 32 heavy (non-hydrogen) atoms. The molecule has 1 atom stereocenters. The van der Waals surface area contributed by atoms with Gasteiger partial charge in [0.05, 0.1) is 24.4 Å². The van der Waals surface area contributed by atoms with Crippen LogP contribution < -0.4 is 9.47 Å². The Hall–Kier alpha value is -3.16. The van der Waals surface area contributed by atoms with Crippen LogP contribution in [0.3, 0.4) is 0 Å². The second kappa shape index (κ2) is 9.54. The molecular formula is C24H30N4O4. The molecule has 0 unspecified atom stereocenters. The Morgan fingerprint density at radius 1 is 1.09 bits per heavy atom. The minimum absolute atomic E-state index is 0.00801. The fraction of sp³-hybridized carbons (Fsp3) is 0.500. The summed E-state index contributed by atoms with van der Waals surface area (Å²) in [6.45, 7) is 5.93. The SMILES string of the molecule is COc1cc(C)ccc1OCC(=O)N1CCC[C@H]1c1ncc(C(=O)N2CCCC2)c(C)n1. The number of rotatable bonds is 6. The van der Waals surface area contributed by atoms with E-state index in [9.17, 15) is 9.59 Å². The zero-order valence-corrected chi connectivity index (χ0v) is 19.0. The van der Waals surface area contributed by atoms with E-state index >= 15 is 0 Å². The predicted octanol–water partition coefficient (Wildman–Crippen LogP) is 3.08. The summed E-state index contributed by atoms with van der Waals surface area (Å²) >= 11 is 0. The van der Waals surface area contributed by atoms with Crippen LogP contribution in [0.15, 0.2) is 24.4 Å². The van der Waals surface area contributed by atoms with Crippen molar-refractivity contribution in [3.05, 3.63) is 47.0 Å². The quantitative estimate of drug-likeness (QED) is 0.689. The molecule has 170 valence electrons. The molecule has 0 radical (unpaired) electrons. The van der Waals surface area contributed by atoms with Crippen molar-refractivity contribution in [2.45, 2.75) is 45.6 Å². The molecule has 0 spiro atoms. The highest BCUT2D eigenvalue weighted by atomic mass is 16.5. The highest BCUT2D eigenvalue weighted by Gasteiger charge is 2.33. The molecule has 2 aliphatic rings. The van der Waals surface area contributed by atoms with Crippen molar-refractivity contribution >= 4 is 11.8 Å². The summed E-state index contributed by atoms with van der Waals surface area (Å²) in [6, 6.07) is 5.40. The van der Waals surface area contributed by atoms with Gasteiger partial charge in [0.2, 0.25) is 0 Å². The summed E-state index contributed by atoms with van der Waals surface area (Å²) in [4.78, 5) is 38.4. The monoisotopic (exact) mass is 438 g/mol. The summed E-state index contributed by atoms with van der Waals surface area (Å²) < 4.78 is 11.1. The highest BCUT2D eigenvalue weighted by molar-refractivity contribution is 5.95. The Balaban J connectivity index is 1.44. The number of carbonyl (C=O) groups is 2. The maximum atomic E-state index is 12.9. The van der Waals surface area contributed by atoms with E-state index in [1.54, 1.807) is 18.2 Å². The minimum Gasteiger partial charge on any atom is -0.493 e. The molecule has 8 heteroatoms. The molecule has 0 bridgehead atoms. The third-order valence-corrected chi connectivity index (χ3v) is 6.16. The molecule has 1 aromatic heterocycles. The van der Waals surface area contributed by atoms with Crippen LogP contribution in [0.4, 0.5) is 0 Å². The molecule has 2 aromatic rings. The topological polar surface area (TPSA) is 84.9 Å². The summed E-state index contributed by atoms with van der Waals surface area (Å²) in [5.41, 5.74) is 2.26. The highest BCUT2D eigenvalue weighted by Crippen LogP contribution is 2.32. The van der Waals surface area contributed by atoms with Crippen molar-refractivity contribution < 1.29 is 19.1 Å². The molecule has 0 N–H and O–H groups in total. The largest absolute Gasteiger partial charge is 0.493 e. The van der Waals surface area contributed by atoms with E-state index < -0.39 is 0 Å². The zero-order valence-electron chi connectivity index (χ0n) is 19.0. The Morgan fingerprint density at radius 3 is 2.59 bits per heavy atom. The maximum absolute atomic E-state index is 12.9. The minimum atomic E-state index is -0.208. The smallest absolute Gasteiger partial charge is 0.261 e. The van der Waals surface area contributed by atoms with Crippen LogP contribution in [0, 0.1) is 13.8 Å². The van der Waals surface area contributed by atoms with Gasteiger partial charge in [-0.15, -0.1) is 0 Å². The van der Waals surface area contributed by atoms with Gasteiger partial charge < -0.3 is 19.3 Å². The van der Waals surface area contributed by atoms with E-state index in [0.717, 1.165) is 44.3 Å². The third-order valence-electron chi connectivity index (χ3n) is 6.16. The number of methoxy groups -OCH3 is 1. The number of aromatic nitrogens is 2. The molecule has 8 nitrogen and oxygen atoms in total. The molecule has 2 amide bonds. The van der Waals surface area contributed by atoms with Crippen molar-refractivity contribution in [2.24, 2.45) is 0 Å². The summed E-state index contributed by atoms with van der Waals surface area (Å²) in [6.07, 6.45) is 5.37. The van der Waals surface area contributed by atoms with Gasteiger partial charge in [0.15, 0.2) is 23.9 Å². The van der Waals surface area contributed by atoms with Crippen molar-refractivity contribution in [1.29, 1.82) is 0 Å². The van der Waals surface area contributed by atoms with Crippen LogP contribution in [0.25, 0.3) is 0 Å². The lowest BCUT2D eigenvalue weighted by Gasteiger charge is -2.24. The first-order valence-electron chi connectivity index (χ1n) is 11.2. The van der Waals surface area contributed by atoms with Gasteiger partial charge >= 0.3 is 0 Å². The summed E-state index contributed by atoms with van der Waals surface area (Å²) in [5, 5.41) is 0. The average Bonchev–Trinajstić information content (AvgIpc) is 3.50. The first-order chi connectivity index (χ1) is 15.5. The zero-order chi connectivity index (χ0) is 22.7. The third kappa shape index (κ3) is 4.54. The van der Waals surface area contributed by atoms with Crippen LogP contribution in [0.2, 0.25) is 0 Å². The van der Waals surface area contributed by atoms with E-state index in [0.29, 0.717) is 35.1 Å². The first kappa shape index (κ1) is 22.0. The fourth-order valence-corrected chi connectivity index (χ4v) is 4.40. The van der Waals surface area contributed by atoms with Gasteiger partial charge in [-0.3, -0.25) is 9.59 Å². The Kier molecular flexibility index (Phi) is 6.58. The number of benzene rings is 1. The Morgan fingerprint density at radius 2 is 1.88 bits per heavy atom. The van der Waals surface area contributed by atoms with Crippen molar-refractivity contribution in [2.75, 3.05) is 33.4 Å². The predicted molar refractivity (Wildman–Crippen MR) is 119 cm³/mol. The van der Waals surface area contributed by atoms with Crippen LogP contribution in [-0.4, -0.2) is 64.9 Å². The number of aryl methyl sites for hydroxylation is 2. The standard InChI is InChI=1S/C24H30N4O4/c1-16-8-9-20(21(13-16)31-3)32-15-22(29)28-12-6-7-19(28)23-25-14-18(17(2)26-23)24(30)27-10-4-5-11-27/h8-9,13-14,19H,4-7,10-12,15H2,1-3H3/t19-/m0/s1. The van der Waals surface area contributed by atoms with E-state index in [1.165, 1.54) is 0 Å². The number of nitrogens with zero attached hydrogens (tertiary/aromatic N) is 4. The van der Waals surface area contributed by atoms with Gasteiger partial charge in [0, 0.05) is 25.8 Å². The average molecular weight is 439 g/mol. The van der Waals surface area contributed by atoms with Crippen LogP contribution >= 0.6 is 0 Å². The van der Waals surface area contributed by atoms with E-state index in [4.69, 9.17) is 9.47 Å². The number of hydrogen-bond acceptors (Lipinski definition) is 6. The number of amides is 2. The van der Waals surface area contributed by atoms with E-state index in [2.05, 4.69) is 9.97 Å². The lowest BCUT2D eigenvalue weighted by atomic mass is 10.1. The number of hydrogen-bond donors (Lipinski definition) is 0. The second-order valence-electron chi connectivity index (χ2n) is 8.41. The lowest BCUT2D eigenvalue weighted by molar-refractivity contribution is -0.134. The molecule has 2 fully saturated rings. The lowest BCUT2D eigenvalue weighted by Crippen LogP contribution is -2.35. The van der Waals surface area contributed by atoms with Gasteiger partial charge in [-0.05, 0) is 57.2 Å². The van der Waals surface area contributed by atoms with E-state index in [1.807, 2.05) is 36.9 Å². The van der Waals surface area contributed by atoms with Crippen molar-refractivity contribution in [1.82, 2.24) is 19.8 Å². The van der Waals surface area contributed by atoms with Crippen LogP contribution in [0.1, 0.15) is 59.2 Å². The van der Waals surface area contributed by atoms with E-state index in [-0.39, 0.29) is 24.5 Å². The fourth-order valence-electron chi connectivity index (χ4n) is 4.40. The molecule has 1 aromatic carbocycles. The first-order valence-corrected chi connectivity index (χ1v) is 11.2. The number of carbonyl (C=O) groups excluding carboxylic acids is 2. The Bertz CT molecular complexity index is 1000. The van der Waals surface area contributed by atoms with Gasteiger partial charge in [-0.2, -0.15) is 0 Å². The molecule has 3 heterocycles.